The molecule has 5 nitrogen and oxygen atoms in total. The third kappa shape index (κ3) is 2.31. The quantitative estimate of drug-likeness (QED) is 0.463. The number of rotatable bonds is 0. The monoisotopic (exact) mass is 226 g/mol. The minimum Gasteiger partial charge on any atom is -0.370 e. The van der Waals surface area contributed by atoms with Crippen molar-refractivity contribution in [1.29, 1.82) is 0 Å². The van der Waals surface area contributed by atoms with Gasteiger partial charge in [0.05, 0.1) is 5.92 Å². The van der Waals surface area contributed by atoms with E-state index >= 15 is 0 Å². The number of amides is 1. The Kier molecular flexibility index (Phi) is 2.95. The Morgan fingerprint density at radius 3 is 2.87 bits per heavy atom. The van der Waals surface area contributed by atoms with Gasteiger partial charge in [0.15, 0.2) is 11.1 Å². The second-order valence-electron chi connectivity index (χ2n) is 3.82. The van der Waals surface area contributed by atoms with Crippen LogP contribution >= 0.6 is 11.8 Å². The van der Waals surface area contributed by atoms with Crippen molar-refractivity contribution in [3.05, 3.63) is 0 Å². The summed E-state index contributed by atoms with van der Waals surface area (Å²) < 4.78 is 0. The molecule has 0 bridgehead atoms. The number of nitrogens with two attached hydrogens (primary N) is 2. The van der Waals surface area contributed by atoms with Gasteiger partial charge < -0.3 is 11.5 Å². The summed E-state index contributed by atoms with van der Waals surface area (Å²) in [6.45, 7) is 0. The van der Waals surface area contributed by atoms with E-state index in [1.807, 2.05) is 0 Å². The van der Waals surface area contributed by atoms with Gasteiger partial charge in [-0.05, 0) is 12.8 Å². The highest BCUT2D eigenvalue weighted by Gasteiger charge is 2.35. The molecule has 82 valence electrons. The van der Waals surface area contributed by atoms with E-state index in [1.165, 1.54) is 18.2 Å². The first-order chi connectivity index (χ1) is 7.16. The molecule has 0 aromatic carbocycles. The fourth-order valence-corrected chi connectivity index (χ4v) is 3.29. The van der Waals surface area contributed by atoms with Crippen molar-refractivity contribution in [3.8, 4) is 0 Å². The number of carbonyl (C=O) groups excluding carboxylic acids is 1. The standard InChI is InChI=1S/C9H14N4OS/c10-8(11)13-9-12-7(14)5-3-1-2-4-6(5)15-9/h5-6H,1-4H2,(H4,10,11,12,13,14). The Morgan fingerprint density at radius 1 is 1.40 bits per heavy atom. The van der Waals surface area contributed by atoms with Crippen LogP contribution in [0.1, 0.15) is 25.7 Å². The molecule has 2 aliphatic rings. The third-order valence-electron chi connectivity index (χ3n) is 2.71. The average Bonchev–Trinajstić information content (AvgIpc) is 2.16. The largest absolute Gasteiger partial charge is 0.370 e. The highest BCUT2D eigenvalue weighted by atomic mass is 32.2. The van der Waals surface area contributed by atoms with Gasteiger partial charge in [-0.3, -0.25) is 4.79 Å². The van der Waals surface area contributed by atoms with Crippen molar-refractivity contribution >= 4 is 28.8 Å². The molecule has 15 heavy (non-hydrogen) atoms. The van der Waals surface area contributed by atoms with Gasteiger partial charge in [-0.2, -0.15) is 9.98 Å². The molecule has 0 radical (unpaired) electrons. The summed E-state index contributed by atoms with van der Waals surface area (Å²) in [6, 6.07) is 0. The predicted molar refractivity (Wildman–Crippen MR) is 61.6 cm³/mol. The molecule has 6 heteroatoms. The Labute approximate surface area is 92.4 Å². The number of nitrogens with zero attached hydrogens (tertiary/aromatic N) is 2. The summed E-state index contributed by atoms with van der Waals surface area (Å²) in [4.78, 5) is 19.4. The molecule has 1 heterocycles. The van der Waals surface area contributed by atoms with Crippen molar-refractivity contribution in [3.63, 3.8) is 0 Å². The molecule has 4 N–H and O–H groups in total. The Hall–Kier alpha value is -1.04. The van der Waals surface area contributed by atoms with Crippen LogP contribution in [0.25, 0.3) is 0 Å². The molecule has 1 fully saturated rings. The van der Waals surface area contributed by atoms with E-state index in [-0.39, 0.29) is 17.8 Å². The second kappa shape index (κ2) is 4.22. The van der Waals surface area contributed by atoms with Gasteiger partial charge >= 0.3 is 0 Å². The van der Waals surface area contributed by atoms with Crippen LogP contribution in [0, 0.1) is 5.92 Å². The molecule has 0 aromatic heterocycles. The summed E-state index contributed by atoms with van der Waals surface area (Å²) in [6.07, 6.45) is 4.31. The Morgan fingerprint density at radius 2 is 2.13 bits per heavy atom. The molecule has 0 saturated heterocycles. The summed E-state index contributed by atoms with van der Waals surface area (Å²) in [5.74, 6) is -0.0107. The van der Waals surface area contributed by atoms with Gasteiger partial charge in [-0.1, -0.05) is 24.6 Å². The number of aliphatic imine (C=N–C) groups is 2. The lowest BCUT2D eigenvalue weighted by atomic mass is 9.88. The van der Waals surface area contributed by atoms with Crippen molar-refractivity contribution in [1.82, 2.24) is 0 Å². The molecule has 0 aromatic rings. The zero-order valence-electron chi connectivity index (χ0n) is 8.35. The van der Waals surface area contributed by atoms with Crippen LogP contribution in [0.4, 0.5) is 0 Å². The smallest absolute Gasteiger partial charge is 0.252 e. The van der Waals surface area contributed by atoms with Crippen molar-refractivity contribution < 1.29 is 4.79 Å². The predicted octanol–water partition coefficient (Wildman–Crippen LogP) is 0.448. The van der Waals surface area contributed by atoms with E-state index in [4.69, 9.17) is 11.5 Å². The van der Waals surface area contributed by atoms with Crippen LogP contribution in [0.15, 0.2) is 9.98 Å². The van der Waals surface area contributed by atoms with E-state index in [0.717, 1.165) is 19.3 Å². The lowest BCUT2D eigenvalue weighted by molar-refractivity contribution is -0.122. The molecule has 2 atom stereocenters. The van der Waals surface area contributed by atoms with Crippen molar-refractivity contribution in [2.24, 2.45) is 27.4 Å². The minimum absolute atomic E-state index is 0.0386. The van der Waals surface area contributed by atoms with Crippen LogP contribution < -0.4 is 11.5 Å². The van der Waals surface area contributed by atoms with Gasteiger partial charge in [0.1, 0.15) is 0 Å². The molecular formula is C9H14N4OS. The molecule has 1 aliphatic carbocycles. The Bertz CT molecular complexity index is 335. The van der Waals surface area contributed by atoms with Gasteiger partial charge in [0, 0.05) is 5.25 Å². The lowest BCUT2D eigenvalue weighted by Gasteiger charge is -2.30. The maximum Gasteiger partial charge on any atom is 0.252 e. The maximum absolute atomic E-state index is 11.7. The number of fused-ring (bicyclic) bond motifs is 1. The van der Waals surface area contributed by atoms with E-state index in [2.05, 4.69) is 9.98 Å². The highest BCUT2D eigenvalue weighted by Crippen LogP contribution is 2.38. The summed E-state index contributed by atoms with van der Waals surface area (Å²) in [7, 11) is 0. The first-order valence-corrected chi connectivity index (χ1v) is 5.93. The third-order valence-corrected chi connectivity index (χ3v) is 3.97. The maximum atomic E-state index is 11.7. The molecule has 1 aliphatic heterocycles. The topological polar surface area (TPSA) is 93.8 Å². The normalized spacial score (nSPS) is 30.4. The number of hydrogen-bond donors (Lipinski definition) is 2. The highest BCUT2D eigenvalue weighted by molar-refractivity contribution is 8.14. The fourth-order valence-electron chi connectivity index (χ4n) is 2.02. The fraction of sp³-hybridized carbons (Fsp3) is 0.667. The van der Waals surface area contributed by atoms with Gasteiger partial charge in [-0.15, -0.1) is 0 Å². The first kappa shape index (κ1) is 10.5. The van der Waals surface area contributed by atoms with E-state index in [9.17, 15) is 4.79 Å². The summed E-state index contributed by atoms with van der Waals surface area (Å²) >= 11 is 1.53. The van der Waals surface area contributed by atoms with E-state index in [0.29, 0.717) is 10.4 Å². The molecule has 0 spiro atoms. The molecule has 1 amide bonds. The number of hydrogen-bond acceptors (Lipinski definition) is 3. The summed E-state index contributed by atoms with van der Waals surface area (Å²) in [5, 5.41) is 0.741. The van der Waals surface area contributed by atoms with Crippen LogP contribution in [0.5, 0.6) is 0 Å². The molecule has 1 saturated carbocycles. The van der Waals surface area contributed by atoms with E-state index in [1.54, 1.807) is 0 Å². The van der Waals surface area contributed by atoms with Gasteiger partial charge in [-0.25, -0.2) is 0 Å². The van der Waals surface area contributed by atoms with Crippen LogP contribution in [-0.4, -0.2) is 22.3 Å². The van der Waals surface area contributed by atoms with Crippen LogP contribution in [0.2, 0.25) is 0 Å². The number of thioether (sulfide) groups is 1. The molecule has 2 unspecified atom stereocenters. The van der Waals surface area contributed by atoms with E-state index < -0.39 is 0 Å². The lowest BCUT2D eigenvalue weighted by Crippen LogP contribution is -2.34. The first-order valence-electron chi connectivity index (χ1n) is 5.05. The average molecular weight is 226 g/mol. The van der Waals surface area contributed by atoms with Gasteiger partial charge in [0.25, 0.3) is 5.91 Å². The molecule has 2 rings (SSSR count). The Balaban J connectivity index is 2.17. The number of guanidine groups is 1. The van der Waals surface area contributed by atoms with Gasteiger partial charge in [0.2, 0.25) is 0 Å². The SMILES string of the molecule is NC(N)=NC1=NC(=O)C2CCCCC2S1. The van der Waals surface area contributed by atoms with Crippen LogP contribution in [-0.2, 0) is 4.79 Å². The minimum atomic E-state index is -0.0570. The number of amidine groups is 1. The van der Waals surface area contributed by atoms with Crippen LogP contribution in [0.3, 0.4) is 0 Å². The van der Waals surface area contributed by atoms with Crippen molar-refractivity contribution in [2.75, 3.05) is 0 Å². The summed E-state index contributed by atoms with van der Waals surface area (Å²) in [5.41, 5.74) is 10.5. The zero-order valence-corrected chi connectivity index (χ0v) is 9.17. The molecular weight excluding hydrogens is 212 g/mol. The zero-order chi connectivity index (χ0) is 10.8. The van der Waals surface area contributed by atoms with Crippen molar-refractivity contribution in [2.45, 2.75) is 30.9 Å². The second-order valence-corrected chi connectivity index (χ2v) is 5.02. The number of carbonyl (C=O) groups is 1.